The van der Waals surface area contributed by atoms with Crippen molar-refractivity contribution in [2.24, 2.45) is 0 Å². The predicted octanol–water partition coefficient (Wildman–Crippen LogP) is 3.81. The lowest BCUT2D eigenvalue weighted by atomic mass is 10.1. The van der Waals surface area contributed by atoms with Gasteiger partial charge in [-0.05, 0) is 67.3 Å². The highest BCUT2D eigenvalue weighted by molar-refractivity contribution is 7.92. The molecule has 1 unspecified atom stereocenters. The molecule has 0 aliphatic carbocycles. The van der Waals surface area contributed by atoms with Crippen molar-refractivity contribution in [3.63, 3.8) is 0 Å². The second kappa shape index (κ2) is 9.04. The summed E-state index contributed by atoms with van der Waals surface area (Å²) in [4.78, 5) is 12.8. The molecular formula is C25H26N2O4S. The topological polar surface area (TPSA) is 75.7 Å². The molecule has 0 saturated carbocycles. The number of fused-ring (bicyclic) bond motifs is 1. The number of sulfonamides is 1. The van der Waals surface area contributed by atoms with Gasteiger partial charge >= 0.3 is 0 Å². The molecule has 3 aromatic carbocycles. The number of anilines is 1. The molecular weight excluding hydrogens is 424 g/mol. The second-order valence-electron chi connectivity index (χ2n) is 7.86. The fourth-order valence-electron chi connectivity index (χ4n) is 4.03. The number of para-hydroxylation sites is 1. The Balaban J connectivity index is 1.47. The maximum Gasteiger partial charge on any atom is 0.264 e. The van der Waals surface area contributed by atoms with Gasteiger partial charge in [-0.2, -0.15) is 0 Å². The first-order valence-electron chi connectivity index (χ1n) is 10.5. The largest absolute Gasteiger partial charge is 0.497 e. The van der Waals surface area contributed by atoms with Gasteiger partial charge in [0.1, 0.15) is 5.75 Å². The van der Waals surface area contributed by atoms with Gasteiger partial charge in [-0.1, -0.05) is 36.4 Å². The third kappa shape index (κ3) is 4.34. The lowest BCUT2D eigenvalue weighted by Crippen LogP contribution is -2.36. The van der Waals surface area contributed by atoms with Crippen molar-refractivity contribution in [3.8, 4) is 5.75 Å². The summed E-state index contributed by atoms with van der Waals surface area (Å²) in [6.45, 7) is 2.34. The molecule has 1 N–H and O–H groups in total. The average molecular weight is 451 g/mol. The van der Waals surface area contributed by atoms with Crippen molar-refractivity contribution in [1.82, 2.24) is 5.32 Å². The molecule has 6 nitrogen and oxygen atoms in total. The van der Waals surface area contributed by atoms with E-state index in [1.807, 2.05) is 55.5 Å². The fraction of sp³-hybridized carbons (Fsp3) is 0.240. The summed E-state index contributed by atoms with van der Waals surface area (Å²) in [5.41, 5.74) is 3.11. The van der Waals surface area contributed by atoms with Crippen molar-refractivity contribution < 1.29 is 17.9 Å². The number of hydrogen-bond donors (Lipinski definition) is 1. The van der Waals surface area contributed by atoms with Crippen LogP contribution in [0.5, 0.6) is 5.75 Å². The number of benzene rings is 3. The normalized spacial score (nSPS) is 15.3. The smallest absolute Gasteiger partial charge is 0.264 e. The molecule has 4 rings (SSSR count). The number of nitrogens with one attached hydrogen (secondary N) is 1. The highest BCUT2D eigenvalue weighted by atomic mass is 32.2. The van der Waals surface area contributed by atoms with E-state index in [0.29, 0.717) is 30.6 Å². The Morgan fingerprint density at radius 3 is 2.56 bits per heavy atom. The number of rotatable bonds is 7. The first-order valence-corrected chi connectivity index (χ1v) is 12.0. The van der Waals surface area contributed by atoms with Gasteiger partial charge in [-0.25, -0.2) is 8.42 Å². The monoisotopic (exact) mass is 450 g/mol. The number of carbonyl (C=O) groups excluding carboxylic acids is 1. The van der Waals surface area contributed by atoms with Crippen molar-refractivity contribution in [1.29, 1.82) is 0 Å². The number of carbonyl (C=O) groups is 1. The number of nitrogens with zero attached hydrogens (tertiary/aromatic N) is 1. The van der Waals surface area contributed by atoms with Crippen LogP contribution in [-0.4, -0.2) is 34.0 Å². The predicted molar refractivity (Wildman–Crippen MR) is 125 cm³/mol. The lowest BCUT2D eigenvalue weighted by Gasteiger charge is -2.24. The minimum atomic E-state index is -3.79. The van der Waals surface area contributed by atoms with Crippen LogP contribution >= 0.6 is 0 Å². The number of methoxy groups -OCH3 is 1. The molecule has 1 aliphatic rings. The van der Waals surface area contributed by atoms with Crippen molar-refractivity contribution in [3.05, 3.63) is 89.5 Å². The first kappa shape index (κ1) is 21.9. The van der Waals surface area contributed by atoms with E-state index in [-0.39, 0.29) is 16.8 Å². The van der Waals surface area contributed by atoms with Crippen molar-refractivity contribution in [2.45, 2.75) is 30.7 Å². The Morgan fingerprint density at radius 2 is 1.81 bits per heavy atom. The highest BCUT2D eigenvalue weighted by Gasteiger charge is 2.36. The molecule has 1 amide bonds. The highest BCUT2D eigenvalue weighted by Crippen LogP contribution is 2.36. The molecule has 0 aromatic heterocycles. The van der Waals surface area contributed by atoms with Crippen LogP contribution in [0, 0.1) is 0 Å². The van der Waals surface area contributed by atoms with Crippen LogP contribution in [0.1, 0.15) is 28.4 Å². The molecule has 0 saturated heterocycles. The molecule has 166 valence electrons. The Bertz CT molecular complexity index is 1220. The SMILES string of the molecule is COc1ccc(CCNC(=O)c2cccc(S(=O)(=O)N3c4ccccc4CC3C)c2)cc1. The van der Waals surface area contributed by atoms with E-state index in [1.54, 1.807) is 19.2 Å². The number of hydrogen-bond acceptors (Lipinski definition) is 4. The van der Waals surface area contributed by atoms with Gasteiger partial charge in [0.25, 0.3) is 15.9 Å². The van der Waals surface area contributed by atoms with Gasteiger partial charge in [-0.15, -0.1) is 0 Å². The van der Waals surface area contributed by atoms with E-state index in [2.05, 4.69) is 5.32 Å². The van der Waals surface area contributed by atoms with Crippen LogP contribution in [0.15, 0.2) is 77.7 Å². The van der Waals surface area contributed by atoms with Gasteiger partial charge in [0.05, 0.1) is 17.7 Å². The maximum absolute atomic E-state index is 13.4. The minimum absolute atomic E-state index is 0.115. The van der Waals surface area contributed by atoms with Crippen LogP contribution in [-0.2, 0) is 22.9 Å². The van der Waals surface area contributed by atoms with E-state index < -0.39 is 10.0 Å². The Morgan fingerprint density at radius 1 is 1.06 bits per heavy atom. The van der Waals surface area contributed by atoms with Crippen LogP contribution in [0.4, 0.5) is 5.69 Å². The zero-order valence-electron chi connectivity index (χ0n) is 18.1. The summed E-state index contributed by atoms with van der Waals surface area (Å²) in [6, 6.07) is 21.2. The molecule has 0 spiro atoms. The van der Waals surface area contributed by atoms with Gasteiger partial charge < -0.3 is 10.1 Å². The second-order valence-corrected chi connectivity index (χ2v) is 9.68. The van der Waals surface area contributed by atoms with Crippen LogP contribution in [0.3, 0.4) is 0 Å². The van der Waals surface area contributed by atoms with Gasteiger partial charge in [0, 0.05) is 18.2 Å². The third-order valence-corrected chi connectivity index (χ3v) is 7.58. The quantitative estimate of drug-likeness (QED) is 0.594. The van der Waals surface area contributed by atoms with Crippen molar-refractivity contribution >= 4 is 21.6 Å². The maximum atomic E-state index is 13.4. The standard InChI is InChI=1S/C25H26N2O4S/c1-18-16-20-6-3-4-9-24(20)27(18)32(29,30)23-8-5-7-21(17-23)25(28)26-15-14-19-10-12-22(31-2)13-11-19/h3-13,17-18H,14-16H2,1-2H3,(H,26,28). The molecule has 0 radical (unpaired) electrons. The Hall–Kier alpha value is -3.32. The number of ether oxygens (including phenoxy) is 1. The third-order valence-electron chi connectivity index (χ3n) is 5.66. The Labute approximate surface area is 188 Å². The van der Waals surface area contributed by atoms with Crippen LogP contribution < -0.4 is 14.4 Å². The summed E-state index contributed by atoms with van der Waals surface area (Å²) in [7, 11) is -2.17. The zero-order valence-corrected chi connectivity index (χ0v) is 18.9. The first-order chi connectivity index (χ1) is 15.4. The Kier molecular flexibility index (Phi) is 6.19. The molecule has 0 bridgehead atoms. The summed E-state index contributed by atoms with van der Waals surface area (Å²) < 4.78 is 33.4. The van der Waals surface area contributed by atoms with Gasteiger partial charge in [0.15, 0.2) is 0 Å². The molecule has 0 fully saturated rings. The van der Waals surface area contributed by atoms with E-state index in [0.717, 1.165) is 16.9 Å². The van der Waals surface area contributed by atoms with E-state index >= 15 is 0 Å². The summed E-state index contributed by atoms with van der Waals surface area (Å²) in [6.07, 6.45) is 1.33. The van der Waals surface area contributed by atoms with E-state index in [9.17, 15) is 13.2 Å². The minimum Gasteiger partial charge on any atom is -0.497 e. The molecule has 7 heteroatoms. The fourth-order valence-corrected chi connectivity index (χ4v) is 5.77. The summed E-state index contributed by atoms with van der Waals surface area (Å²) >= 11 is 0. The van der Waals surface area contributed by atoms with Gasteiger partial charge in [0.2, 0.25) is 0 Å². The lowest BCUT2D eigenvalue weighted by molar-refractivity contribution is 0.0954. The van der Waals surface area contributed by atoms with E-state index in [1.165, 1.54) is 16.4 Å². The average Bonchev–Trinajstić information content (AvgIpc) is 3.16. The zero-order chi connectivity index (χ0) is 22.7. The summed E-state index contributed by atoms with van der Waals surface area (Å²) in [5, 5.41) is 2.87. The van der Waals surface area contributed by atoms with Crippen LogP contribution in [0.2, 0.25) is 0 Å². The molecule has 1 atom stereocenters. The molecule has 1 heterocycles. The molecule has 32 heavy (non-hydrogen) atoms. The van der Waals surface area contributed by atoms with Crippen molar-refractivity contribution in [2.75, 3.05) is 18.0 Å². The summed E-state index contributed by atoms with van der Waals surface area (Å²) in [5.74, 6) is 0.483. The van der Waals surface area contributed by atoms with E-state index in [4.69, 9.17) is 4.74 Å². The molecule has 1 aliphatic heterocycles. The molecule has 3 aromatic rings. The van der Waals surface area contributed by atoms with Gasteiger partial charge in [-0.3, -0.25) is 9.10 Å². The number of amides is 1. The van der Waals surface area contributed by atoms with Crippen LogP contribution in [0.25, 0.3) is 0 Å².